The quantitative estimate of drug-likeness (QED) is 0.636. The lowest BCUT2D eigenvalue weighted by Gasteiger charge is -2.36. The number of rotatable bonds is 7. The van der Waals surface area contributed by atoms with Crippen LogP contribution in [0.5, 0.6) is 0 Å². The minimum absolute atomic E-state index is 0.0249. The summed E-state index contributed by atoms with van der Waals surface area (Å²) in [5.74, 6) is 0.805. The van der Waals surface area contributed by atoms with Crippen LogP contribution in [-0.4, -0.2) is 61.5 Å². The Morgan fingerprint density at radius 3 is 2.59 bits per heavy atom. The number of methoxy groups -OCH3 is 1. The Kier molecular flexibility index (Phi) is 8.13. The van der Waals surface area contributed by atoms with Gasteiger partial charge in [0.05, 0.1) is 6.61 Å². The Hall–Kier alpha value is -1.85. The highest BCUT2D eigenvalue weighted by molar-refractivity contribution is 6.30. The maximum absolute atomic E-state index is 13.0. The predicted octanol–water partition coefficient (Wildman–Crippen LogP) is 3.56. The van der Waals surface area contributed by atoms with Crippen LogP contribution in [-0.2, 0) is 20.7 Å². The number of allylic oxidation sites excluding steroid dienone is 1. The first-order valence-electron chi connectivity index (χ1n) is 10.5. The molecule has 0 spiro atoms. The first kappa shape index (κ1) is 21.8. The number of piperidine rings is 1. The van der Waals surface area contributed by atoms with E-state index in [1.807, 2.05) is 34.1 Å². The fourth-order valence-corrected chi connectivity index (χ4v) is 4.40. The molecule has 1 aromatic rings. The lowest BCUT2D eigenvalue weighted by molar-refractivity contribution is -0.138. The lowest BCUT2D eigenvalue weighted by atomic mass is 9.81. The van der Waals surface area contributed by atoms with Gasteiger partial charge in [-0.2, -0.15) is 0 Å². The monoisotopic (exact) mass is 418 g/mol. The maximum atomic E-state index is 13.0. The number of nitrogens with zero attached hydrogens (tertiary/aromatic N) is 2. The minimum Gasteiger partial charge on any atom is -0.383 e. The van der Waals surface area contributed by atoms with E-state index < -0.39 is 0 Å². The van der Waals surface area contributed by atoms with Gasteiger partial charge in [0.15, 0.2) is 0 Å². The van der Waals surface area contributed by atoms with Gasteiger partial charge in [0, 0.05) is 50.7 Å². The van der Waals surface area contributed by atoms with Crippen molar-refractivity contribution in [2.24, 2.45) is 11.8 Å². The lowest BCUT2D eigenvalue weighted by Crippen LogP contribution is -2.44. The van der Waals surface area contributed by atoms with Crippen LogP contribution < -0.4 is 0 Å². The average molecular weight is 419 g/mol. The zero-order valence-corrected chi connectivity index (χ0v) is 17.9. The summed E-state index contributed by atoms with van der Waals surface area (Å²) in [6.45, 7) is 3.36. The van der Waals surface area contributed by atoms with Gasteiger partial charge in [0.2, 0.25) is 11.8 Å². The molecule has 1 fully saturated rings. The van der Waals surface area contributed by atoms with Crippen LogP contribution >= 0.6 is 11.6 Å². The number of aryl methyl sites for hydroxylation is 1. The van der Waals surface area contributed by atoms with Crippen molar-refractivity contribution in [1.29, 1.82) is 0 Å². The Balaban J connectivity index is 1.48. The highest BCUT2D eigenvalue weighted by atomic mass is 35.5. The molecule has 6 heteroatoms. The number of hydrogen-bond acceptors (Lipinski definition) is 3. The Morgan fingerprint density at radius 2 is 1.90 bits per heavy atom. The number of ether oxygens (including phenoxy) is 1. The molecular weight excluding hydrogens is 388 g/mol. The van der Waals surface area contributed by atoms with Crippen LogP contribution in [0.25, 0.3) is 0 Å². The zero-order chi connectivity index (χ0) is 20.6. The van der Waals surface area contributed by atoms with Gasteiger partial charge >= 0.3 is 0 Å². The molecule has 0 bridgehead atoms. The molecule has 29 heavy (non-hydrogen) atoms. The molecule has 2 aliphatic heterocycles. The van der Waals surface area contributed by atoms with E-state index in [-0.39, 0.29) is 17.7 Å². The molecule has 0 aliphatic carbocycles. The third-order valence-corrected chi connectivity index (χ3v) is 6.33. The summed E-state index contributed by atoms with van der Waals surface area (Å²) in [7, 11) is 1.66. The highest BCUT2D eigenvalue weighted by Gasteiger charge is 2.34. The Bertz CT molecular complexity index is 711. The van der Waals surface area contributed by atoms with E-state index >= 15 is 0 Å². The fourth-order valence-electron chi connectivity index (χ4n) is 4.28. The van der Waals surface area contributed by atoms with Gasteiger partial charge in [-0.25, -0.2) is 0 Å². The molecule has 2 aliphatic rings. The van der Waals surface area contributed by atoms with Gasteiger partial charge in [0.25, 0.3) is 0 Å². The number of carbonyl (C=O) groups is 2. The van der Waals surface area contributed by atoms with Crippen LogP contribution in [0.2, 0.25) is 5.02 Å². The van der Waals surface area contributed by atoms with Crippen LogP contribution in [0, 0.1) is 11.8 Å². The molecule has 1 unspecified atom stereocenters. The topological polar surface area (TPSA) is 49.9 Å². The molecule has 5 nitrogen and oxygen atoms in total. The molecule has 1 aromatic carbocycles. The largest absolute Gasteiger partial charge is 0.383 e. The maximum Gasteiger partial charge on any atom is 0.226 e. The molecule has 3 rings (SSSR count). The van der Waals surface area contributed by atoms with E-state index in [4.69, 9.17) is 16.3 Å². The van der Waals surface area contributed by atoms with Crippen LogP contribution in [0.3, 0.4) is 0 Å². The van der Waals surface area contributed by atoms with E-state index in [9.17, 15) is 9.59 Å². The van der Waals surface area contributed by atoms with E-state index in [0.29, 0.717) is 37.1 Å². The first-order chi connectivity index (χ1) is 14.1. The van der Waals surface area contributed by atoms with E-state index in [2.05, 4.69) is 12.2 Å². The normalized spacial score (nSPS) is 20.8. The van der Waals surface area contributed by atoms with E-state index in [0.717, 1.165) is 44.3 Å². The third-order valence-electron chi connectivity index (χ3n) is 6.08. The van der Waals surface area contributed by atoms with Gasteiger partial charge in [-0.15, -0.1) is 0 Å². The van der Waals surface area contributed by atoms with Crippen molar-refractivity contribution < 1.29 is 14.3 Å². The number of hydrogen-bond donors (Lipinski definition) is 0. The summed E-state index contributed by atoms with van der Waals surface area (Å²) in [6, 6.07) is 7.67. The molecular formula is C23H31ClN2O3. The summed E-state index contributed by atoms with van der Waals surface area (Å²) in [5.41, 5.74) is 1.13. The summed E-state index contributed by atoms with van der Waals surface area (Å²) >= 11 is 5.92. The minimum atomic E-state index is 0.0249. The van der Waals surface area contributed by atoms with Gasteiger partial charge in [-0.05, 0) is 49.3 Å². The smallest absolute Gasteiger partial charge is 0.226 e. The SMILES string of the molecule is COCCN1CC=CCC(C2CCN(C(=O)CCc3ccc(Cl)cc3)CC2)C1=O. The second-order valence-electron chi connectivity index (χ2n) is 7.94. The molecule has 158 valence electrons. The van der Waals surface area contributed by atoms with Gasteiger partial charge in [0.1, 0.15) is 0 Å². The zero-order valence-electron chi connectivity index (χ0n) is 17.2. The van der Waals surface area contributed by atoms with E-state index in [1.165, 1.54) is 0 Å². The van der Waals surface area contributed by atoms with E-state index in [1.54, 1.807) is 7.11 Å². The Labute approximate surface area is 178 Å². The highest BCUT2D eigenvalue weighted by Crippen LogP contribution is 2.31. The van der Waals surface area contributed by atoms with Crippen LogP contribution in [0.15, 0.2) is 36.4 Å². The van der Waals surface area contributed by atoms with Crippen LogP contribution in [0.4, 0.5) is 0 Å². The van der Waals surface area contributed by atoms with Crippen molar-refractivity contribution in [3.05, 3.63) is 47.0 Å². The van der Waals surface area contributed by atoms with Crippen molar-refractivity contribution >= 4 is 23.4 Å². The summed E-state index contributed by atoms with van der Waals surface area (Å²) in [4.78, 5) is 29.5. The first-order valence-corrected chi connectivity index (χ1v) is 10.9. The van der Waals surface area contributed by atoms with Gasteiger partial charge in [-0.1, -0.05) is 35.9 Å². The Morgan fingerprint density at radius 1 is 1.17 bits per heavy atom. The number of benzene rings is 1. The van der Waals surface area contributed by atoms with Gasteiger partial charge in [-0.3, -0.25) is 9.59 Å². The van der Waals surface area contributed by atoms with Crippen molar-refractivity contribution in [1.82, 2.24) is 9.80 Å². The van der Waals surface area contributed by atoms with Crippen molar-refractivity contribution in [3.8, 4) is 0 Å². The van der Waals surface area contributed by atoms with Crippen molar-refractivity contribution in [2.75, 3.05) is 39.9 Å². The second kappa shape index (κ2) is 10.8. The number of amides is 2. The molecule has 0 aromatic heterocycles. The molecule has 1 atom stereocenters. The number of halogens is 1. The third kappa shape index (κ3) is 6.06. The molecule has 0 radical (unpaired) electrons. The van der Waals surface area contributed by atoms with Crippen molar-refractivity contribution in [3.63, 3.8) is 0 Å². The predicted molar refractivity (Wildman–Crippen MR) is 115 cm³/mol. The molecule has 2 amide bonds. The second-order valence-corrected chi connectivity index (χ2v) is 8.37. The van der Waals surface area contributed by atoms with Gasteiger partial charge < -0.3 is 14.5 Å². The molecule has 0 saturated carbocycles. The summed E-state index contributed by atoms with van der Waals surface area (Å²) < 4.78 is 5.15. The fraction of sp³-hybridized carbons (Fsp3) is 0.565. The molecule has 1 saturated heterocycles. The van der Waals surface area contributed by atoms with Crippen LogP contribution in [0.1, 0.15) is 31.2 Å². The molecule has 0 N–H and O–H groups in total. The average Bonchev–Trinajstić information content (AvgIpc) is 2.93. The van der Waals surface area contributed by atoms with Crippen molar-refractivity contribution in [2.45, 2.75) is 32.1 Å². The number of likely N-dealkylation sites (tertiary alicyclic amines) is 1. The summed E-state index contributed by atoms with van der Waals surface area (Å²) in [6.07, 6.45) is 8.07. The molecule has 2 heterocycles. The standard InChI is InChI=1S/C23H31ClN2O3/c1-29-17-16-26-13-3-2-4-21(23(26)28)19-11-14-25(15-12-19)22(27)10-7-18-5-8-20(24)9-6-18/h2-3,5-6,8-9,19,21H,4,7,10-17H2,1H3. The summed E-state index contributed by atoms with van der Waals surface area (Å²) in [5, 5.41) is 0.714. The number of carbonyl (C=O) groups excluding carboxylic acids is 2.